The van der Waals surface area contributed by atoms with Crippen LogP contribution in [-0.4, -0.2) is 0 Å². The van der Waals surface area contributed by atoms with Gasteiger partial charge in [0.25, 0.3) is 0 Å². The number of hydrogen-bond donors (Lipinski definition) is 0. The molecular formula is C21H24ClF2N. The first-order valence-corrected chi connectivity index (χ1v) is 9.72. The Kier molecular flexibility index (Phi) is 6.12. The molecule has 0 N–H and O–H groups in total. The van der Waals surface area contributed by atoms with Crippen LogP contribution in [0, 0.1) is 40.7 Å². The molecule has 134 valence electrons. The first-order valence-electron chi connectivity index (χ1n) is 9.28. The van der Waals surface area contributed by atoms with Gasteiger partial charge in [-0.1, -0.05) is 17.7 Å². The molecule has 0 bridgehead atoms. The van der Waals surface area contributed by atoms with Crippen molar-refractivity contribution in [3.63, 3.8) is 0 Å². The van der Waals surface area contributed by atoms with Crippen molar-refractivity contribution in [1.29, 1.82) is 5.26 Å². The summed E-state index contributed by atoms with van der Waals surface area (Å²) in [5.74, 6) is 0.911. The summed E-state index contributed by atoms with van der Waals surface area (Å²) in [7, 11) is 0. The van der Waals surface area contributed by atoms with E-state index >= 15 is 0 Å². The zero-order chi connectivity index (χ0) is 17.8. The number of hydrogen-bond acceptors (Lipinski definition) is 1. The maximum absolute atomic E-state index is 13.9. The summed E-state index contributed by atoms with van der Waals surface area (Å²) < 4.78 is 27.7. The molecule has 0 saturated heterocycles. The SMILES string of the molecule is N#Cc1c(F)cc(C2CCC([C@H]3CC[C@H](/C=C/Cl)CC3)CC2)cc1F. The molecule has 2 fully saturated rings. The molecule has 0 amide bonds. The standard InChI is InChI=1S/C21H24ClF2N/c22-10-9-14-1-3-15(4-2-14)16-5-7-17(8-6-16)18-11-20(23)19(13-25)21(24)12-18/h9-12,14-17H,1-8H2/b10-9+/t14-,15-,16?,17?. The quantitative estimate of drug-likeness (QED) is 0.588. The number of nitrogens with zero attached hydrogens (tertiary/aromatic N) is 1. The van der Waals surface area contributed by atoms with Crippen LogP contribution in [0.15, 0.2) is 23.7 Å². The molecule has 0 aromatic heterocycles. The van der Waals surface area contributed by atoms with E-state index in [9.17, 15) is 8.78 Å². The Morgan fingerprint density at radius 3 is 1.92 bits per heavy atom. The minimum Gasteiger partial charge on any atom is -0.205 e. The van der Waals surface area contributed by atoms with Crippen LogP contribution in [-0.2, 0) is 0 Å². The molecule has 0 spiro atoms. The molecule has 1 aromatic carbocycles. The van der Waals surface area contributed by atoms with E-state index in [2.05, 4.69) is 6.08 Å². The van der Waals surface area contributed by atoms with Gasteiger partial charge in [0.2, 0.25) is 0 Å². The summed E-state index contributed by atoms with van der Waals surface area (Å²) >= 11 is 5.68. The number of allylic oxidation sites excluding steroid dienone is 1. The Bertz CT molecular complexity index is 640. The van der Waals surface area contributed by atoms with Gasteiger partial charge in [0.1, 0.15) is 23.3 Å². The maximum Gasteiger partial charge on any atom is 0.144 e. The van der Waals surface area contributed by atoms with E-state index in [1.165, 1.54) is 37.8 Å². The minimum atomic E-state index is -0.731. The second-order valence-electron chi connectivity index (χ2n) is 7.58. The third kappa shape index (κ3) is 4.23. The Hall–Kier alpha value is -1.40. The van der Waals surface area contributed by atoms with Gasteiger partial charge in [-0.15, -0.1) is 0 Å². The van der Waals surface area contributed by atoms with Gasteiger partial charge in [0, 0.05) is 5.54 Å². The average Bonchev–Trinajstić information content (AvgIpc) is 2.62. The zero-order valence-corrected chi connectivity index (χ0v) is 15.1. The summed E-state index contributed by atoms with van der Waals surface area (Å²) in [5.41, 5.74) is 1.88. The highest BCUT2D eigenvalue weighted by molar-refractivity contribution is 6.25. The predicted octanol–water partition coefficient (Wildman–Crippen LogP) is 6.67. The summed E-state index contributed by atoms with van der Waals surface area (Å²) in [5, 5.41) is 8.79. The van der Waals surface area contributed by atoms with Crippen molar-refractivity contribution in [2.24, 2.45) is 17.8 Å². The van der Waals surface area contributed by atoms with E-state index in [-0.39, 0.29) is 5.92 Å². The highest BCUT2D eigenvalue weighted by Crippen LogP contribution is 2.44. The molecule has 0 aliphatic heterocycles. The van der Waals surface area contributed by atoms with Gasteiger partial charge in [0.05, 0.1) is 0 Å². The molecule has 1 nitrogen and oxygen atoms in total. The molecule has 2 saturated carbocycles. The molecule has 2 aliphatic rings. The first-order chi connectivity index (χ1) is 12.1. The van der Waals surface area contributed by atoms with Gasteiger partial charge in [-0.2, -0.15) is 5.26 Å². The minimum absolute atomic E-state index is 0.212. The molecule has 0 radical (unpaired) electrons. The Morgan fingerprint density at radius 1 is 0.920 bits per heavy atom. The fourth-order valence-electron chi connectivity index (χ4n) is 4.77. The lowest BCUT2D eigenvalue weighted by molar-refractivity contribution is 0.171. The number of halogens is 3. The van der Waals surface area contributed by atoms with Gasteiger partial charge in [-0.05, 0) is 92.7 Å². The van der Waals surface area contributed by atoms with Crippen LogP contribution in [0.1, 0.15) is 68.4 Å². The fraction of sp³-hybridized carbons (Fsp3) is 0.571. The summed E-state index contributed by atoms with van der Waals surface area (Å²) in [6.45, 7) is 0. The second-order valence-corrected chi connectivity index (χ2v) is 7.83. The van der Waals surface area contributed by atoms with Gasteiger partial charge < -0.3 is 0 Å². The second kappa shape index (κ2) is 8.32. The van der Waals surface area contributed by atoms with Gasteiger partial charge in [0.15, 0.2) is 0 Å². The lowest BCUT2D eigenvalue weighted by Crippen LogP contribution is -2.25. The topological polar surface area (TPSA) is 23.8 Å². The Morgan fingerprint density at radius 2 is 1.44 bits per heavy atom. The zero-order valence-electron chi connectivity index (χ0n) is 14.4. The van der Waals surface area contributed by atoms with Crippen LogP contribution >= 0.6 is 11.6 Å². The molecule has 0 atom stereocenters. The third-order valence-electron chi connectivity index (χ3n) is 6.25. The van der Waals surface area contributed by atoms with Crippen molar-refractivity contribution in [3.8, 4) is 6.07 Å². The molecule has 3 rings (SSSR count). The number of benzene rings is 1. The summed E-state index contributed by atoms with van der Waals surface area (Å²) in [6, 6.07) is 4.31. The normalized spacial score (nSPS) is 30.3. The van der Waals surface area contributed by atoms with Crippen molar-refractivity contribution in [2.45, 2.75) is 57.3 Å². The number of nitriles is 1. The van der Waals surface area contributed by atoms with E-state index in [1.54, 1.807) is 11.6 Å². The van der Waals surface area contributed by atoms with E-state index in [0.29, 0.717) is 11.5 Å². The Balaban J connectivity index is 1.57. The highest BCUT2D eigenvalue weighted by Gasteiger charge is 2.31. The third-order valence-corrected chi connectivity index (χ3v) is 6.39. The smallest absolute Gasteiger partial charge is 0.144 e. The number of rotatable bonds is 3. The van der Waals surface area contributed by atoms with Crippen molar-refractivity contribution in [3.05, 3.63) is 46.5 Å². The summed E-state index contributed by atoms with van der Waals surface area (Å²) in [6.07, 6.45) is 11.3. The molecular weight excluding hydrogens is 340 g/mol. The van der Waals surface area contributed by atoms with E-state index in [0.717, 1.165) is 37.5 Å². The Labute approximate surface area is 153 Å². The molecule has 25 heavy (non-hydrogen) atoms. The lowest BCUT2D eigenvalue weighted by Gasteiger charge is -2.37. The first kappa shape index (κ1) is 18.4. The van der Waals surface area contributed by atoms with E-state index in [1.807, 2.05) is 0 Å². The van der Waals surface area contributed by atoms with E-state index < -0.39 is 17.2 Å². The van der Waals surface area contributed by atoms with Crippen LogP contribution in [0.4, 0.5) is 8.78 Å². The molecule has 1 aromatic rings. The van der Waals surface area contributed by atoms with E-state index in [4.69, 9.17) is 16.9 Å². The van der Waals surface area contributed by atoms with Gasteiger partial charge in [-0.25, -0.2) is 8.78 Å². The van der Waals surface area contributed by atoms with Crippen molar-refractivity contribution >= 4 is 11.6 Å². The van der Waals surface area contributed by atoms with Crippen molar-refractivity contribution < 1.29 is 8.78 Å². The van der Waals surface area contributed by atoms with Crippen molar-refractivity contribution in [1.82, 2.24) is 0 Å². The van der Waals surface area contributed by atoms with Crippen LogP contribution in [0.3, 0.4) is 0 Å². The van der Waals surface area contributed by atoms with Crippen LogP contribution in [0.2, 0.25) is 0 Å². The summed E-state index contributed by atoms with van der Waals surface area (Å²) in [4.78, 5) is 0. The van der Waals surface area contributed by atoms with Gasteiger partial charge in [-0.3, -0.25) is 0 Å². The van der Waals surface area contributed by atoms with Crippen LogP contribution in [0.5, 0.6) is 0 Å². The molecule has 2 aliphatic carbocycles. The lowest BCUT2D eigenvalue weighted by atomic mass is 9.68. The monoisotopic (exact) mass is 363 g/mol. The predicted molar refractivity (Wildman–Crippen MR) is 96.2 cm³/mol. The highest BCUT2D eigenvalue weighted by atomic mass is 35.5. The average molecular weight is 364 g/mol. The maximum atomic E-state index is 13.9. The van der Waals surface area contributed by atoms with Gasteiger partial charge >= 0.3 is 0 Å². The van der Waals surface area contributed by atoms with Crippen molar-refractivity contribution in [2.75, 3.05) is 0 Å². The largest absolute Gasteiger partial charge is 0.205 e. The molecule has 0 unspecified atom stereocenters. The van der Waals surface area contributed by atoms with Crippen LogP contribution < -0.4 is 0 Å². The van der Waals surface area contributed by atoms with Crippen LogP contribution in [0.25, 0.3) is 0 Å². The fourth-order valence-corrected chi connectivity index (χ4v) is 4.98. The molecule has 0 heterocycles. The molecule has 4 heteroatoms.